The fourth-order valence-corrected chi connectivity index (χ4v) is 6.10. The van der Waals surface area contributed by atoms with E-state index in [0.717, 1.165) is 17.7 Å². The Balaban J connectivity index is 1.22. The lowest BCUT2D eigenvalue weighted by molar-refractivity contribution is -0.0497. The number of rotatable bonds is 9. The molecule has 3 aromatic heterocycles. The average Bonchev–Trinajstić information content (AvgIpc) is 3.66. The quantitative estimate of drug-likeness (QED) is 0.146. The van der Waals surface area contributed by atoms with Crippen molar-refractivity contribution < 1.29 is 33.2 Å². The van der Waals surface area contributed by atoms with E-state index in [1.165, 1.54) is 12.1 Å². The van der Waals surface area contributed by atoms with Crippen LogP contribution in [0.15, 0.2) is 71.3 Å². The van der Waals surface area contributed by atoms with Crippen molar-refractivity contribution in [3.8, 4) is 28.3 Å². The molecule has 0 bridgehead atoms. The number of nitrogens with zero attached hydrogens (tertiary/aromatic N) is 5. The van der Waals surface area contributed by atoms with E-state index >= 15 is 0 Å². The van der Waals surface area contributed by atoms with Gasteiger partial charge in [0.2, 0.25) is 5.89 Å². The number of oxazole rings is 1. The number of nitrogens with one attached hydrogen (secondary N) is 1. The molecule has 6 aromatic rings. The standard InChI is InChI=1S/C34H27ClF4N6O3/c1-17-21(22-5-2-6-23(28(22)35)33-43-25-9-8-20(47-34(38)39)13-27(25)48-33)4-3-7-24(17)41-31-29-26(42-32(44-31)30(36)37)12-18(14-40-29)15-45-11-10-19(46)16-45/h2-9,12-14,19,30,34,46H,10-11,15-16H2,1H3,(H,41,42,44)/i8D. The first-order valence-electron chi connectivity index (χ1n) is 15.4. The van der Waals surface area contributed by atoms with Crippen molar-refractivity contribution in [1.82, 2.24) is 24.8 Å². The number of aliphatic hydroxyl groups excluding tert-OH is 1. The fraction of sp³-hybridized carbons (Fsp3) is 0.235. The number of hydrogen-bond donors (Lipinski definition) is 2. The van der Waals surface area contributed by atoms with Crippen molar-refractivity contribution in [2.75, 3.05) is 18.4 Å². The number of fused-ring (bicyclic) bond motifs is 2. The number of pyridine rings is 1. The molecule has 1 fully saturated rings. The molecular formula is C34H27ClF4N6O3. The van der Waals surface area contributed by atoms with Gasteiger partial charge in [-0.15, -0.1) is 0 Å². The zero-order valence-corrected chi connectivity index (χ0v) is 26.0. The molecule has 7 rings (SSSR count). The number of aromatic nitrogens is 4. The van der Waals surface area contributed by atoms with Crippen LogP contribution in [0, 0.1) is 6.92 Å². The highest BCUT2D eigenvalue weighted by molar-refractivity contribution is 6.36. The predicted octanol–water partition coefficient (Wildman–Crippen LogP) is 8.31. The summed E-state index contributed by atoms with van der Waals surface area (Å²) in [6.45, 7) is 0.491. The van der Waals surface area contributed by atoms with Gasteiger partial charge in [-0.3, -0.25) is 9.88 Å². The molecule has 9 nitrogen and oxygen atoms in total. The van der Waals surface area contributed by atoms with Crippen molar-refractivity contribution in [2.24, 2.45) is 0 Å². The Kier molecular flexibility index (Phi) is 8.24. The van der Waals surface area contributed by atoms with Crippen LogP contribution < -0.4 is 10.1 Å². The number of benzene rings is 3. The first-order valence-corrected chi connectivity index (χ1v) is 15.3. The summed E-state index contributed by atoms with van der Waals surface area (Å²) in [5.74, 6) is -0.765. The van der Waals surface area contributed by atoms with Crippen LogP contribution in [0.4, 0.5) is 29.1 Å². The highest BCUT2D eigenvalue weighted by atomic mass is 35.5. The van der Waals surface area contributed by atoms with Gasteiger partial charge in [0.05, 0.1) is 23.6 Å². The number of halogens is 5. The maximum absolute atomic E-state index is 13.9. The zero-order valence-electron chi connectivity index (χ0n) is 26.2. The summed E-state index contributed by atoms with van der Waals surface area (Å²) in [7, 11) is 0. The van der Waals surface area contributed by atoms with Crippen LogP contribution in [-0.4, -0.2) is 55.7 Å². The lowest BCUT2D eigenvalue weighted by Crippen LogP contribution is -2.21. The molecule has 0 saturated carbocycles. The number of ether oxygens (including phenoxy) is 1. The van der Waals surface area contributed by atoms with E-state index in [1.807, 2.05) is 13.0 Å². The van der Waals surface area contributed by atoms with Crippen LogP contribution in [-0.2, 0) is 6.54 Å². The van der Waals surface area contributed by atoms with Gasteiger partial charge in [-0.25, -0.2) is 23.7 Å². The van der Waals surface area contributed by atoms with E-state index in [0.29, 0.717) is 47.4 Å². The Hall–Kier alpha value is -4.85. The van der Waals surface area contributed by atoms with E-state index in [1.54, 1.807) is 42.6 Å². The third kappa shape index (κ3) is 6.36. The third-order valence-corrected chi connectivity index (χ3v) is 8.48. The SMILES string of the molecule is [2H]c1cc2nc(-c3cccc(-c4cccc(Nc5nc(C(F)F)nc6cc(CN7CCC(O)C7)cnc56)c4C)c3Cl)oc2cc1OC(F)F. The molecule has 0 amide bonds. The van der Waals surface area contributed by atoms with Gasteiger partial charge in [0, 0.05) is 43.1 Å². The van der Waals surface area contributed by atoms with Gasteiger partial charge in [-0.2, -0.15) is 8.78 Å². The van der Waals surface area contributed by atoms with Crippen LogP contribution in [0.1, 0.15) is 31.2 Å². The fourth-order valence-electron chi connectivity index (χ4n) is 5.79. The Labute approximate surface area is 277 Å². The van der Waals surface area contributed by atoms with Gasteiger partial charge in [-0.05, 0) is 60.3 Å². The Morgan fingerprint density at radius 3 is 2.62 bits per heavy atom. The first-order chi connectivity index (χ1) is 23.5. The monoisotopic (exact) mass is 679 g/mol. The van der Waals surface area contributed by atoms with E-state index in [2.05, 4.69) is 34.9 Å². The Morgan fingerprint density at radius 2 is 1.85 bits per heavy atom. The normalized spacial score (nSPS) is 15.6. The molecule has 1 aliphatic heterocycles. The summed E-state index contributed by atoms with van der Waals surface area (Å²) in [5.41, 5.74) is 4.79. The molecule has 0 spiro atoms. The number of likely N-dealkylation sites (tertiary alicyclic amines) is 1. The summed E-state index contributed by atoms with van der Waals surface area (Å²) < 4.78 is 71.7. The minimum absolute atomic E-state index is 0.110. The molecular weight excluding hydrogens is 652 g/mol. The van der Waals surface area contributed by atoms with E-state index in [-0.39, 0.29) is 51.2 Å². The van der Waals surface area contributed by atoms with E-state index in [9.17, 15) is 22.7 Å². The van der Waals surface area contributed by atoms with Crippen LogP contribution in [0.3, 0.4) is 0 Å². The molecule has 246 valence electrons. The molecule has 3 aromatic carbocycles. The Morgan fingerprint density at radius 1 is 1.06 bits per heavy atom. The first kappa shape index (κ1) is 30.5. The third-order valence-electron chi connectivity index (χ3n) is 8.08. The minimum atomic E-state index is -3.10. The molecule has 1 aliphatic rings. The lowest BCUT2D eigenvalue weighted by atomic mass is 9.97. The summed E-state index contributed by atoms with van der Waals surface area (Å²) in [6, 6.07) is 14.5. The number of alkyl halides is 4. The lowest BCUT2D eigenvalue weighted by Gasteiger charge is -2.17. The molecule has 1 atom stereocenters. The Bertz CT molecular complexity index is 2200. The summed E-state index contributed by atoms with van der Waals surface area (Å²) in [6.07, 6.45) is -0.979. The highest BCUT2D eigenvalue weighted by Crippen LogP contribution is 2.40. The van der Waals surface area contributed by atoms with Crippen LogP contribution in [0.2, 0.25) is 5.02 Å². The largest absolute Gasteiger partial charge is 0.436 e. The van der Waals surface area contributed by atoms with Crippen molar-refractivity contribution >= 4 is 45.2 Å². The molecule has 2 N–H and O–H groups in total. The number of aliphatic hydroxyl groups is 1. The smallest absolute Gasteiger partial charge is 0.387 e. The van der Waals surface area contributed by atoms with Crippen molar-refractivity contribution in [3.63, 3.8) is 0 Å². The molecule has 1 unspecified atom stereocenters. The summed E-state index contributed by atoms with van der Waals surface area (Å²) in [4.78, 5) is 19.2. The molecule has 48 heavy (non-hydrogen) atoms. The second kappa shape index (κ2) is 13.0. The summed E-state index contributed by atoms with van der Waals surface area (Å²) in [5, 5.41) is 13.3. The summed E-state index contributed by atoms with van der Waals surface area (Å²) >= 11 is 6.93. The van der Waals surface area contributed by atoms with Crippen LogP contribution >= 0.6 is 11.6 Å². The molecule has 14 heteroatoms. The van der Waals surface area contributed by atoms with Gasteiger partial charge >= 0.3 is 6.61 Å². The molecule has 0 aliphatic carbocycles. The van der Waals surface area contributed by atoms with Crippen molar-refractivity contribution in [3.05, 3.63) is 88.8 Å². The van der Waals surface area contributed by atoms with Gasteiger partial charge in [0.25, 0.3) is 6.43 Å². The van der Waals surface area contributed by atoms with E-state index in [4.69, 9.17) is 17.4 Å². The van der Waals surface area contributed by atoms with Gasteiger partial charge in [-0.1, -0.05) is 35.9 Å². The maximum Gasteiger partial charge on any atom is 0.387 e. The molecule has 1 saturated heterocycles. The minimum Gasteiger partial charge on any atom is -0.436 e. The zero-order chi connectivity index (χ0) is 34.4. The highest BCUT2D eigenvalue weighted by Gasteiger charge is 2.23. The van der Waals surface area contributed by atoms with Crippen molar-refractivity contribution in [1.29, 1.82) is 0 Å². The second-order valence-corrected chi connectivity index (χ2v) is 11.7. The molecule has 4 heterocycles. The predicted molar refractivity (Wildman–Crippen MR) is 173 cm³/mol. The van der Waals surface area contributed by atoms with Gasteiger partial charge in [0.15, 0.2) is 17.2 Å². The topological polar surface area (TPSA) is 109 Å². The number of β-amino-alcohol motifs (C(OH)–C–C–N with tert-alkyl or cyclic N) is 1. The average molecular weight is 680 g/mol. The van der Waals surface area contributed by atoms with Crippen LogP contribution in [0.25, 0.3) is 44.7 Å². The van der Waals surface area contributed by atoms with Gasteiger partial charge < -0.3 is 19.6 Å². The molecule has 0 radical (unpaired) electrons. The maximum atomic E-state index is 13.9. The van der Waals surface area contributed by atoms with Crippen molar-refractivity contribution in [2.45, 2.75) is 39.0 Å². The van der Waals surface area contributed by atoms with Gasteiger partial charge in [0.1, 0.15) is 16.8 Å². The number of hydrogen-bond acceptors (Lipinski definition) is 9. The van der Waals surface area contributed by atoms with Crippen LogP contribution in [0.5, 0.6) is 5.75 Å². The number of anilines is 2. The second-order valence-electron chi connectivity index (χ2n) is 11.3. The van der Waals surface area contributed by atoms with E-state index < -0.39 is 18.9 Å².